The second kappa shape index (κ2) is 12.4. The van der Waals surface area contributed by atoms with Crippen LogP contribution in [-0.2, 0) is 14.9 Å². The Hall–Kier alpha value is -0.990. The van der Waals surface area contributed by atoms with Gasteiger partial charge in [-0.2, -0.15) is 0 Å². The number of carbonyl (C=O) groups excluding carboxylic acids is 1. The lowest BCUT2D eigenvalue weighted by molar-refractivity contribution is -0.485. The molecule has 0 aromatic heterocycles. The molecule has 1 rings (SSSR count). The maximum Gasteiger partial charge on any atom is 0.318 e. The predicted octanol–water partition coefficient (Wildman–Crippen LogP) is 1.55. The Morgan fingerprint density at radius 3 is 2.20 bits per heavy atom. The van der Waals surface area contributed by atoms with E-state index in [0.29, 0.717) is 18.5 Å². The van der Waals surface area contributed by atoms with E-state index < -0.39 is 16.3 Å². The van der Waals surface area contributed by atoms with E-state index >= 15 is 0 Å². The molecule has 0 saturated carbocycles. The molecule has 0 amide bonds. The van der Waals surface area contributed by atoms with Crippen molar-refractivity contribution < 1.29 is 27.4 Å². The number of likely N-dealkylation sites (N-methyl/N-ethyl adjacent to an activating group) is 1. The third-order valence-corrected chi connectivity index (χ3v) is 4.02. The van der Waals surface area contributed by atoms with Crippen LogP contribution in [-0.4, -0.2) is 71.8 Å². The number of aliphatic hydroxyl groups excluding tert-OH is 1. The number of unbranched alkanes of at least 4 members (excludes halogenated alkanes) is 6. The monoisotopic (exact) mass is 378 g/mol. The molecule has 0 aliphatic carbocycles. The van der Waals surface area contributed by atoms with E-state index in [4.69, 9.17) is 13.0 Å². The minimum absolute atomic E-state index is 0.180. The van der Waals surface area contributed by atoms with Crippen molar-refractivity contribution in [3.8, 4) is 0 Å². The van der Waals surface area contributed by atoms with Crippen molar-refractivity contribution in [2.24, 2.45) is 0 Å². The zero-order valence-electron chi connectivity index (χ0n) is 16.0. The Balaban J connectivity index is 0.00000101. The largest absolute Gasteiger partial charge is 0.748 e. The molecule has 1 unspecified atom stereocenters. The summed E-state index contributed by atoms with van der Waals surface area (Å²) in [5.41, 5.74) is 0. The second-order valence-corrected chi connectivity index (χ2v) is 7.98. The number of carbonyl (C=O) groups is 1. The van der Waals surface area contributed by atoms with Gasteiger partial charge in [0.15, 0.2) is 6.23 Å². The zero-order valence-corrected chi connectivity index (χ0v) is 16.8. The van der Waals surface area contributed by atoms with Crippen molar-refractivity contribution >= 4 is 21.7 Å². The van der Waals surface area contributed by atoms with Gasteiger partial charge in [-0.05, 0) is 6.42 Å². The van der Waals surface area contributed by atoms with E-state index in [2.05, 4.69) is 6.92 Å². The number of amidine groups is 1. The number of aliphatic hydroxyl groups is 1. The van der Waals surface area contributed by atoms with Crippen molar-refractivity contribution in [1.29, 1.82) is 0 Å². The predicted molar refractivity (Wildman–Crippen MR) is 97.7 cm³/mol. The standard InChI is InChI=1S/C16H31N2O2.CH4O3S/c1-4-5-6-7-8-9-10-11-15(20)16-17(3)12-13-18(16)14(2)19;1-5(2,3)4/h14,19H,4-13H2,1-3H3;1H3,(H,2,3,4)/q+1;/p-1. The van der Waals surface area contributed by atoms with Gasteiger partial charge in [0.2, 0.25) is 5.78 Å². The highest BCUT2D eigenvalue weighted by Crippen LogP contribution is 2.12. The van der Waals surface area contributed by atoms with Crippen LogP contribution < -0.4 is 0 Å². The zero-order chi connectivity index (χ0) is 19.5. The van der Waals surface area contributed by atoms with E-state index in [-0.39, 0.29) is 5.78 Å². The highest BCUT2D eigenvalue weighted by molar-refractivity contribution is 7.84. The van der Waals surface area contributed by atoms with Gasteiger partial charge in [-0.15, -0.1) is 0 Å². The summed E-state index contributed by atoms with van der Waals surface area (Å²) >= 11 is 0. The fourth-order valence-electron chi connectivity index (χ4n) is 2.78. The number of nitrogens with zero attached hydrogens (tertiary/aromatic N) is 2. The normalized spacial score (nSPS) is 15.8. The molecule has 7 nitrogen and oxygen atoms in total. The molecule has 25 heavy (non-hydrogen) atoms. The molecule has 0 saturated heterocycles. The van der Waals surface area contributed by atoms with Gasteiger partial charge in [-0.3, -0.25) is 9.37 Å². The van der Waals surface area contributed by atoms with Crippen LogP contribution in [0.3, 0.4) is 0 Å². The SMILES string of the molecule is CCCCCCCCCC(=O)C1=[N+](C)CCN1C(C)O.CS(=O)(=O)[O-]. The number of hydrogen-bond donors (Lipinski definition) is 1. The number of Topliss-reactive ketones (excluding diaryl/α,β-unsaturated/α-hetero) is 1. The van der Waals surface area contributed by atoms with Crippen molar-refractivity contribution in [3.05, 3.63) is 0 Å². The first-order valence-corrected chi connectivity index (χ1v) is 10.9. The van der Waals surface area contributed by atoms with Crippen molar-refractivity contribution in [3.63, 3.8) is 0 Å². The topological polar surface area (TPSA) is 101 Å². The lowest BCUT2D eigenvalue weighted by Gasteiger charge is -2.14. The van der Waals surface area contributed by atoms with Crippen LogP contribution in [0.1, 0.15) is 65.2 Å². The molecule has 0 aromatic carbocycles. The average Bonchev–Trinajstić information content (AvgIpc) is 2.86. The van der Waals surface area contributed by atoms with Crippen molar-refractivity contribution in [2.75, 3.05) is 26.4 Å². The van der Waals surface area contributed by atoms with Gasteiger partial charge >= 0.3 is 5.84 Å². The molecule has 1 N–H and O–H groups in total. The average molecular weight is 379 g/mol. The van der Waals surface area contributed by atoms with E-state index in [1.54, 1.807) is 6.92 Å². The molecule has 148 valence electrons. The first-order valence-electron chi connectivity index (χ1n) is 9.04. The summed E-state index contributed by atoms with van der Waals surface area (Å²) < 4.78 is 29.2. The smallest absolute Gasteiger partial charge is 0.318 e. The van der Waals surface area contributed by atoms with Crippen molar-refractivity contribution in [2.45, 2.75) is 71.4 Å². The highest BCUT2D eigenvalue weighted by atomic mass is 32.2. The molecule has 8 heteroatoms. The van der Waals surface area contributed by atoms with Crippen molar-refractivity contribution in [1.82, 2.24) is 4.90 Å². The third-order valence-electron chi connectivity index (χ3n) is 4.02. The van der Waals surface area contributed by atoms with Gasteiger partial charge in [0.05, 0.1) is 17.2 Å². The Morgan fingerprint density at radius 2 is 1.72 bits per heavy atom. The lowest BCUT2D eigenvalue weighted by atomic mass is 10.1. The van der Waals surface area contributed by atoms with Gasteiger partial charge in [0.1, 0.15) is 13.1 Å². The van der Waals surface area contributed by atoms with Crippen LogP contribution in [0.5, 0.6) is 0 Å². The van der Waals surface area contributed by atoms with Crippen LogP contribution in [0, 0.1) is 0 Å². The summed E-state index contributed by atoms with van der Waals surface area (Å²) in [6, 6.07) is 0. The molecule has 1 aliphatic heterocycles. The Morgan fingerprint density at radius 1 is 1.24 bits per heavy atom. The summed E-state index contributed by atoms with van der Waals surface area (Å²) in [4.78, 5) is 14.1. The molecule has 1 atom stereocenters. The Bertz CT molecular complexity index is 521. The van der Waals surface area contributed by atoms with E-state index in [1.165, 1.54) is 32.1 Å². The minimum Gasteiger partial charge on any atom is -0.748 e. The first-order chi connectivity index (χ1) is 11.6. The maximum absolute atomic E-state index is 12.3. The summed E-state index contributed by atoms with van der Waals surface area (Å²) in [6.07, 6.45) is 9.19. The first kappa shape index (κ1) is 24.0. The Kier molecular flexibility index (Phi) is 11.9. The molecule has 1 aliphatic rings. The van der Waals surface area contributed by atoms with Gasteiger partial charge < -0.3 is 9.66 Å². The maximum atomic E-state index is 12.3. The van der Waals surface area contributed by atoms with Gasteiger partial charge in [-0.25, -0.2) is 13.3 Å². The molecule has 0 spiro atoms. The fraction of sp³-hybridized carbons (Fsp3) is 0.882. The van der Waals surface area contributed by atoms with Crippen LogP contribution >= 0.6 is 0 Å². The third kappa shape index (κ3) is 12.1. The molecular weight excluding hydrogens is 344 g/mol. The van der Waals surface area contributed by atoms with Gasteiger partial charge in [-0.1, -0.05) is 45.4 Å². The van der Waals surface area contributed by atoms with Gasteiger partial charge in [0, 0.05) is 19.6 Å². The summed E-state index contributed by atoms with van der Waals surface area (Å²) in [7, 11) is -1.99. The minimum atomic E-state index is -3.92. The van der Waals surface area contributed by atoms with Crippen LogP contribution in [0.2, 0.25) is 0 Å². The summed E-state index contributed by atoms with van der Waals surface area (Å²) in [5, 5.41) is 9.71. The van der Waals surface area contributed by atoms with E-state index in [9.17, 15) is 9.90 Å². The fourth-order valence-corrected chi connectivity index (χ4v) is 2.78. The van der Waals surface area contributed by atoms with Crippen LogP contribution in [0.15, 0.2) is 0 Å². The quantitative estimate of drug-likeness (QED) is 0.352. The molecule has 0 fully saturated rings. The molecule has 0 bridgehead atoms. The number of rotatable bonds is 10. The number of ketones is 1. The number of hydrogen-bond acceptors (Lipinski definition) is 6. The summed E-state index contributed by atoms with van der Waals surface area (Å²) in [6.45, 7) is 5.51. The molecular formula is C17H34N2O5S. The second-order valence-electron chi connectivity index (χ2n) is 6.57. The van der Waals surface area contributed by atoms with Crippen LogP contribution in [0.4, 0.5) is 0 Å². The van der Waals surface area contributed by atoms with Gasteiger partial charge in [0.25, 0.3) is 0 Å². The molecule has 0 aromatic rings. The molecule has 0 radical (unpaired) electrons. The highest BCUT2D eigenvalue weighted by Gasteiger charge is 2.36. The Labute approximate surface area is 152 Å². The van der Waals surface area contributed by atoms with E-state index in [1.807, 2.05) is 16.5 Å². The molecule has 1 heterocycles. The van der Waals surface area contributed by atoms with Crippen LogP contribution in [0.25, 0.3) is 0 Å². The lowest BCUT2D eigenvalue weighted by Crippen LogP contribution is -2.41. The van der Waals surface area contributed by atoms with E-state index in [0.717, 1.165) is 25.9 Å². The summed E-state index contributed by atoms with van der Waals surface area (Å²) in [5.74, 6) is 0.880.